The van der Waals surface area contributed by atoms with Gasteiger partial charge >= 0.3 is 17.9 Å². The molecular weight excluding hydrogens is 404 g/mol. The van der Waals surface area contributed by atoms with Gasteiger partial charge in [-0.15, -0.1) is 0 Å². The van der Waals surface area contributed by atoms with Gasteiger partial charge in [0.05, 0.1) is 33.4 Å². The molecule has 6 atom stereocenters. The van der Waals surface area contributed by atoms with Crippen molar-refractivity contribution in [1.29, 1.82) is 0 Å². The van der Waals surface area contributed by atoms with Crippen LogP contribution in [-0.4, -0.2) is 59.2 Å². The van der Waals surface area contributed by atoms with Gasteiger partial charge in [0, 0.05) is 7.11 Å². The van der Waals surface area contributed by atoms with Crippen LogP contribution in [0.2, 0.25) is 0 Å². The molecular formula is C23H34O8. The molecule has 8 nitrogen and oxygen atoms in total. The van der Waals surface area contributed by atoms with E-state index in [9.17, 15) is 14.4 Å². The summed E-state index contributed by atoms with van der Waals surface area (Å²) in [5.41, 5.74) is -1.46. The minimum absolute atomic E-state index is 0.0166. The Morgan fingerprint density at radius 3 is 2.19 bits per heavy atom. The van der Waals surface area contributed by atoms with Gasteiger partial charge in [0.1, 0.15) is 6.79 Å². The molecule has 0 bridgehead atoms. The molecule has 3 aliphatic rings. The highest BCUT2D eigenvalue weighted by Gasteiger charge is 2.61. The largest absolute Gasteiger partial charge is 0.469 e. The Kier molecular flexibility index (Phi) is 7.11. The lowest BCUT2D eigenvalue weighted by Gasteiger charge is -2.57. The van der Waals surface area contributed by atoms with E-state index < -0.39 is 23.3 Å². The average molecular weight is 439 g/mol. The number of hydrogen-bond acceptors (Lipinski definition) is 8. The Bertz CT molecular complexity index is 715. The zero-order valence-corrected chi connectivity index (χ0v) is 19.1. The van der Waals surface area contributed by atoms with E-state index in [-0.39, 0.29) is 42.0 Å². The van der Waals surface area contributed by atoms with Gasteiger partial charge in [0.25, 0.3) is 0 Å². The van der Waals surface area contributed by atoms with Gasteiger partial charge in [0.2, 0.25) is 0 Å². The molecule has 3 rings (SSSR count). The fourth-order valence-electron chi connectivity index (χ4n) is 6.38. The van der Waals surface area contributed by atoms with E-state index in [4.69, 9.17) is 23.7 Å². The van der Waals surface area contributed by atoms with Crippen LogP contribution in [0, 0.1) is 34.5 Å². The molecule has 0 amide bonds. The lowest BCUT2D eigenvalue weighted by Crippen LogP contribution is -2.57. The number of hydrogen-bond donors (Lipinski definition) is 0. The highest BCUT2D eigenvalue weighted by atomic mass is 16.7. The summed E-state index contributed by atoms with van der Waals surface area (Å²) in [6.07, 6.45) is 6.82. The molecule has 0 heterocycles. The molecule has 3 aliphatic carbocycles. The fourth-order valence-corrected chi connectivity index (χ4v) is 6.38. The van der Waals surface area contributed by atoms with Crippen LogP contribution >= 0.6 is 0 Å². The number of allylic oxidation sites excluding steroid dienone is 2. The molecule has 0 saturated heterocycles. The molecule has 2 fully saturated rings. The smallest absolute Gasteiger partial charge is 0.323 e. The summed E-state index contributed by atoms with van der Waals surface area (Å²) in [4.78, 5) is 38.0. The topological polar surface area (TPSA) is 97.4 Å². The Hall–Kier alpha value is -1.93. The van der Waals surface area contributed by atoms with Crippen molar-refractivity contribution in [2.24, 2.45) is 34.5 Å². The van der Waals surface area contributed by atoms with Crippen molar-refractivity contribution in [1.82, 2.24) is 0 Å². The third kappa shape index (κ3) is 3.89. The van der Waals surface area contributed by atoms with Gasteiger partial charge in [-0.1, -0.05) is 19.1 Å². The summed E-state index contributed by atoms with van der Waals surface area (Å²) >= 11 is 0. The van der Waals surface area contributed by atoms with Crippen LogP contribution in [0.3, 0.4) is 0 Å². The molecule has 0 aromatic rings. The van der Waals surface area contributed by atoms with Crippen LogP contribution in [0.4, 0.5) is 0 Å². The number of carbonyl (C=O) groups excluding carboxylic acids is 3. The van der Waals surface area contributed by atoms with E-state index in [0.29, 0.717) is 25.7 Å². The summed E-state index contributed by atoms with van der Waals surface area (Å²) in [5, 5.41) is 0. The van der Waals surface area contributed by atoms with Gasteiger partial charge in [-0.05, 0) is 55.3 Å². The van der Waals surface area contributed by atoms with E-state index in [2.05, 4.69) is 19.1 Å². The predicted molar refractivity (Wildman–Crippen MR) is 110 cm³/mol. The Balaban J connectivity index is 1.93. The Labute approximate surface area is 183 Å². The highest BCUT2D eigenvalue weighted by Crippen LogP contribution is 2.61. The number of rotatable bonds is 6. The number of esters is 3. The maximum atomic E-state index is 12.8. The average Bonchev–Trinajstić information content (AvgIpc) is 2.80. The maximum Gasteiger partial charge on any atom is 0.323 e. The van der Waals surface area contributed by atoms with Crippen molar-refractivity contribution >= 4 is 17.9 Å². The highest BCUT2D eigenvalue weighted by molar-refractivity contribution is 6.00. The van der Waals surface area contributed by atoms with Gasteiger partial charge < -0.3 is 23.7 Å². The molecule has 174 valence electrons. The Morgan fingerprint density at radius 2 is 1.61 bits per heavy atom. The quantitative estimate of drug-likeness (QED) is 0.205. The molecule has 0 aromatic carbocycles. The van der Waals surface area contributed by atoms with Crippen molar-refractivity contribution in [2.75, 3.05) is 35.2 Å². The van der Waals surface area contributed by atoms with Crippen molar-refractivity contribution in [3.63, 3.8) is 0 Å². The summed E-state index contributed by atoms with van der Waals surface area (Å²) in [6.45, 7) is 2.34. The second kappa shape index (κ2) is 9.28. The van der Waals surface area contributed by atoms with Crippen molar-refractivity contribution in [2.45, 2.75) is 45.1 Å². The first-order valence-electron chi connectivity index (χ1n) is 10.8. The third-order valence-corrected chi connectivity index (χ3v) is 7.94. The summed E-state index contributed by atoms with van der Waals surface area (Å²) in [5.74, 6) is -1.60. The zero-order chi connectivity index (χ0) is 22.8. The summed E-state index contributed by atoms with van der Waals surface area (Å²) < 4.78 is 26.0. The molecule has 0 radical (unpaired) electrons. The molecule has 0 spiro atoms. The van der Waals surface area contributed by atoms with E-state index in [1.54, 1.807) is 7.11 Å². The SMILES string of the molecule is COCO[C@@H]1CC[C@]2(C)[C@@H]3CCC(C(=O)OC)(C(=O)OC)C[C@H]3C=C[C@H]2[C@@H]1C(=O)OC. The van der Waals surface area contributed by atoms with Gasteiger partial charge in [-0.25, -0.2) is 0 Å². The first-order valence-corrected chi connectivity index (χ1v) is 10.8. The van der Waals surface area contributed by atoms with Crippen LogP contribution < -0.4 is 0 Å². The van der Waals surface area contributed by atoms with Gasteiger partial charge in [0.15, 0.2) is 5.41 Å². The molecule has 31 heavy (non-hydrogen) atoms. The fraction of sp³-hybridized carbons (Fsp3) is 0.783. The minimum atomic E-state index is -1.28. The van der Waals surface area contributed by atoms with Crippen LogP contribution in [-0.2, 0) is 38.1 Å². The van der Waals surface area contributed by atoms with Crippen LogP contribution in [0.1, 0.15) is 39.0 Å². The second-order valence-electron chi connectivity index (χ2n) is 9.19. The molecule has 0 aromatic heterocycles. The molecule has 0 unspecified atom stereocenters. The first kappa shape index (κ1) is 23.7. The van der Waals surface area contributed by atoms with Crippen molar-refractivity contribution < 1.29 is 38.1 Å². The minimum Gasteiger partial charge on any atom is -0.469 e. The van der Waals surface area contributed by atoms with Gasteiger partial charge in [-0.2, -0.15) is 0 Å². The van der Waals surface area contributed by atoms with Crippen molar-refractivity contribution in [3.8, 4) is 0 Å². The van der Waals surface area contributed by atoms with Crippen molar-refractivity contribution in [3.05, 3.63) is 12.2 Å². The van der Waals surface area contributed by atoms with Crippen LogP contribution in [0.5, 0.6) is 0 Å². The lowest BCUT2D eigenvalue weighted by molar-refractivity contribution is -0.183. The number of fused-ring (bicyclic) bond motifs is 3. The summed E-state index contributed by atoms with van der Waals surface area (Å²) in [7, 11) is 5.56. The molecule has 0 N–H and O–H groups in total. The predicted octanol–water partition coefficient (Wildman–Crippen LogP) is 2.50. The number of ether oxygens (including phenoxy) is 5. The van der Waals surface area contributed by atoms with Crippen LogP contribution in [0.15, 0.2) is 12.2 Å². The molecule has 0 aliphatic heterocycles. The normalized spacial score (nSPS) is 36.0. The molecule has 8 heteroatoms. The summed E-state index contributed by atoms with van der Waals surface area (Å²) in [6, 6.07) is 0. The second-order valence-corrected chi connectivity index (χ2v) is 9.19. The Morgan fingerprint density at radius 1 is 0.935 bits per heavy atom. The first-order chi connectivity index (χ1) is 14.8. The van der Waals surface area contributed by atoms with Gasteiger partial charge in [-0.3, -0.25) is 14.4 Å². The number of carbonyl (C=O) groups is 3. The monoisotopic (exact) mass is 438 g/mol. The molecule has 2 saturated carbocycles. The lowest BCUT2D eigenvalue weighted by atomic mass is 9.47. The number of methoxy groups -OCH3 is 4. The van der Waals surface area contributed by atoms with E-state index in [0.717, 1.165) is 6.42 Å². The standard InChI is InChI=1S/C23H34O8/c1-22-10-9-17(31-13-27-2)18(19(24)28-3)16(22)7-6-14-12-23(20(25)29-4,21(26)30-5)11-8-15(14)22/h6-7,14-18H,8-13H2,1-5H3/t14-,15-,16+,17-,18+,22-/m1/s1. The zero-order valence-electron chi connectivity index (χ0n) is 19.1. The van der Waals surface area contributed by atoms with E-state index >= 15 is 0 Å². The van der Waals surface area contributed by atoms with E-state index in [1.165, 1.54) is 21.3 Å². The third-order valence-electron chi connectivity index (χ3n) is 7.94. The van der Waals surface area contributed by atoms with E-state index in [1.807, 2.05) is 0 Å². The van der Waals surface area contributed by atoms with Crippen LogP contribution in [0.25, 0.3) is 0 Å². The maximum absolute atomic E-state index is 12.8.